The van der Waals surface area contributed by atoms with Crippen LogP contribution in [0.15, 0.2) is 91.0 Å². The summed E-state index contributed by atoms with van der Waals surface area (Å²) in [4.78, 5) is 0. The van der Waals surface area contributed by atoms with Gasteiger partial charge in [0.15, 0.2) is 0 Å². The van der Waals surface area contributed by atoms with Crippen LogP contribution in [0.5, 0.6) is 0 Å². The SMILES string of the molecule is CC(C)[PH](c1ccccc1)(c1ccccc1)c1ccccc1.I. The van der Waals surface area contributed by atoms with Gasteiger partial charge in [-0.05, 0) is 0 Å². The quantitative estimate of drug-likeness (QED) is 0.411. The van der Waals surface area contributed by atoms with Gasteiger partial charge in [-0.2, -0.15) is 0 Å². The van der Waals surface area contributed by atoms with Crippen molar-refractivity contribution in [3.63, 3.8) is 0 Å². The fourth-order valence-corrected chi connectivity index (χ4v) is 8.76. The molecule has 2 heteroatoms. The standard InChI is InChI=1S/C21H23P.HI/c1-18(2)22(19-12-6-3-7-13-19,20-14-8-4-9-15-20)21-16-10-5-11-17-21;/h3-18,22H,1-2H3;1H. The molecule has 0 N–H and O–H groups in total. The predicted molar refractivity (Wildman–Crippen MR) is 117 cm³/mol. The largest absolute Gasteiger partial charge is 0.107 e. The van der Waals surface area contributed by atoms with E-state index in [1.807, 2.05) is 0 Å². The molecule has 3 rings (SSSR count). The van der Waals surface area contributed by atoms with E-state index in [1.54, 1.807) is 0 Å². The van der Waals surface area contributed by atoms with Crippen molar-refractivity contribution in [1.82, 2.24) is 0 Å². The summed E-state index contributed by atoms with van der Waals surface area (Å²) in [5, 5.41) is 4.47. The van der Waals surface area contributed by atoms with Crippen LogP contribution in [0.3, 0.4) is 0 Å². The molecule has 0 spiro atoms. The maximum Gasteiger partial charge on any atom is -0.107 e. The van der Waals surface area contributed by atoms with Crippen LogP contribution in [0.2, 0.25) is 0 Å². The van der Waals surface area contributed by atoms with E-state index in [0.717, 1.165) is 0 Å². The zero-order valence-electron chi connectivity index (χ0n) is 13.6. The fourth-order valence-electron chi connectivity index (χ4n) is 3.60. The number of benzene rings is 3. The third-order valence-corrected chi connectivity index (χ3v) is 10.0. The summed E-state index contributed by atoms with van der Waals surface area (Å²) in [6.07, 6.45) is 0. The van der Waals surface area contributed by atoms with Crippen LogP contribution in [0.1, 0.15) is 13.8 Å². The zero-order valence-corrected chi connectivity index (χ0v) is 17.0. The van der Waals surface area contributed by atoms with Gasteiger partial charge in [0.2, 0.25) is 0 Å². The summed E-state index contributed by atoms with van der Waals surface area (Å²) in [5.74, 6) is 0. The molecule has 0 atom stereocenters. The summed E-state index contributed by atoms with van der Waals surface area (Å²) < 4.78 is 0. The first kappa shape index (κ1) is 18.2. The Morgan fingerprint density at radius 3 is 1.00 bits per heavy atom. The molecule has 0 saturated carbocycles. The minimum absolute atomic E-state index is 0. The molecule has 0 heterocycles. The third kappa shape index (κ3) is 3.36. The van der Waals surface area contributed by atoms with Crippen molar-refractivity contribution >= 4 is 47.2 Å². The van der Waals surface area contributed by atoms with Crippen LogP contribution in [0, 0.1) is 0 Å². The van der Waals surface area contributed by atoms with Crippen molar-refractivity contribution < 1.29 is 0 Å². The minimum atomic E-state index is -2.00. The first-order valence-corrected chi connectivity index (χ1v) is 10.0. The van der Waals surface area contributed by atoms with E-state index in [2.05, 4.69) is 105 Å². The van der Waals surface area contributed by atoms with Gasteiger partial charge in [0.25, 0.3) is 0 Å². The van der Waals surface area contributed by atoms with Gasteiger partial charge in [-0.25, -0.2) is 0 Å². The molecule has 0 amide bonds. The van der Waals surface area contributed by atoms with Gasteiger partial charge in [0.05, 0.1) is 0 Å². The molecule has 3 aromatic rings. The van der Waals surface area contributed by atoms with Gasteiger partial charge in [0, 0.05) is 0 Å². The zero-order chi connectivity index (χ0) is 15.4. The van der Waals surface area contributed by atoms with E-state index in [9.17, 15) is 0 Å². The first-order chi connectivity index (χ1) is 10.8. The van der Waals surface area contributed by atoms with Gasteiger partial charge in [-0.15, -0.1) is 24.0 Å². The molecular weight excluding hydrogens is 410 g/mol. The second-order valence-corrected chi connectivity index (χ2v) is 10.6. The molecule has 0 nitrogen and oxygen atoms in total. The van der Waals surface area contributed by atoms with Gasteiger partial charge in [0.1, 0.15) is 0 Å². The predicted octanol–water partition coefficient (Wildman–Crippen LogP) is 4.74. The molecule has 0 aliphatic rings. The van der Waals surface area contributed by atoms with Crippen LogP contribution in [0.25, 0.3) is 0 Å². The average Bonchev–Trinajstić information content (AvgIpc) is 2.58. The van der Waals surface area contributed by atoms with E-state index >= 15 is 0 Å². The van der Waals surface area contributed by atoms with Crippen LogP contribution >= 0.6 is 31.2 Å². The number of halogens is 1. The van der Waals surface area contributed by atoms with Crippen molar-refractivity contribution in [1.29, 1.82) is 0 Å². The van der Waals surface area contributed by atoms with Crippen LogP contribution in [-0.2, 0) is 0 Å². The molecule has 0 saturated heterocycles. The van der Waals surface area contributed by atoms with E-state index < -0.39 is 7.26 Å². The molecule has 0 aliphatic carbocycles. The topological polar surface area (TPSA) is 0 Å². The molecular formula is C21H24IP. The molecule has 3 aromatic carbocycles. The Kier molecular flexibility index (Phi) is 6.38. The summed E-state index contributed by atoms with van der Waals surface area (Å²) >= 11 is 0. The summed E-state index contributed by atoms with van der Waals surface area (Å²) in [6.45, 7) is 4.75. The Bertz CT molecular complexity index is 612. The van der Waals surface area contributed by atoms with E-state index in [0.29, 0.717) is 5.66 Å². The summed E-state index contributed by atoms with van der Waals surface area (Å²) in [5.41, 5.74) is 0.583. The van der Waals surface area contributed by atoms with Crippen molar-refractivity contribution in [2.75, 3.05) is 0 Å². The maximum atomic E-state index is 2.37. The van der Waals surface area contributed by atoms with Gasteiger partial charge >= 0.3 is 134 Å². The maximum absolute atomic E-state index is 2.37. The Hall–Kier alpha value is -1.18. The molecule has 120 valence electrons. The average molecular weight is 434 g/mol. The smallest absolute Gasteiger partial charge is 0.107 e. The second kappa shape index (κ2) is 8.08. The number of hydrogen-bond donors (Lipinski definition) is 0. The Morgan fingerprint density at radius 2 is 0.783 bits per heavy atom. The van der Waals surface area contributed by atoms with Gasteiger partial charge in [-0.1, -0.05) is 0 Å². The molecule has 0 aromatic heterocycles. The molecule has 0 radical (unpaired) electrons. The third-order valence-electron chi connectivity index (χ3n) is 4.55. The monoisotopic (exact) mass is 434 g/mol. The first-order valence-electron chi connectivity index (χ1n) is 7.93. The number of hydrogen-bond acceptors (Lipinski definition) is 0. The molecule has 0 unspecified atom stereocenters. The fraction of sp³-hybridized carbons (Fsp3) is 0.143. The van der Waals surface area contributed by atoms with Crippen molar-refractivity contribution in [3.05, 3.63) is 91.0 Å². The number of rotatable bonds is 4. The van der Waals surface area contributed by atoms with Gasteiger partial charge < -0.3 is 0 Å². The Labute approximate surface area is 157 Å². The summed E-state index contributed by atoms with van der Waals surface area (Å²) in [6, 6.07) is 33.2. The normalized spacial score (nSPS) is 11.8. The minimum Gasteiger partial charge on any atom is -0.107 e. The summed E-state index contributed by atoms with van der Waals surface area (Å²) in [7, 11) is -2.00. The molecule has 0 fully saturated rings. The van der Waals surface area contributed by atoms with Crippen molar-refractivity contribution in [2.45, 2.75) is 19.5 Å². The van der Waals surface area contributed by atoms with Crippen molar-refractivity contribution in [2.24, 2.45) is 0 Å². The van der Waals surface area contributed by atoms with E-state index in [1.165, 1.54) is 15.9 Å². The van der Waals surface area contributed by atoms with Crippen LogP contribution in [-0.4, -0.2) is 5.66 Å². The van der Waals surface area contributed by atoms with Crippen LogP contribution < -0.4 is 15.9 Å². The Balaban J connectivity index is 0.00000192. The van der Waals surface area contributed by atoms with Gasteiger partial charge in [-0.3, -0.25) is 0 Å². The molecule has 23 heavy (non-hydrogen) atoms. The van der Waals surface area contributed by atoms with Crippen molar-refractivity contribution in [3.8, 4) is 0 Å². The van der Waals surface area contributed by atoms with Crippen LogP contribution in [0.4, 0.5) is 0 Å². The van der Waals surface area contributed by atoms with E-state index in [-0.39, 0.29) is 24.0 Å². The second-order valence-electron chi connectivity index (χ2n) is 6.06. The molecule has 0 bridgehead atoms. The Morgan fingerprint density at radius 1 is 0.522 bits per heavy atom. The molecule has 0 aliphatic heterocycles. The van der Waals surface area contributed by atoms with E-state index in [4.69, 9.17) is 0 Å².